The van der Waals surface area contributed by atoms with Gasteiger partial charge < -0.3 is 20.5 Å². The molecule has 0 saturated carbocycles. The summed E-state index contributed by atoms with van der Waals surface area (Å²) in [5.41, 5.74) is 7.83. The second-order valence-electron chi connectivity index (χ2n) is 11.0. The molecule has 39 heavy (non-hydrogen) atoms. The number of carbonyl (C=O) groups excluding carboxylic acids is 1. The molecular formula is C28H32ClN7O3. The molecule has 1 saturated heterocycles. The highest BCUT2D eigenvalue weighted by molar-refractivity contribution is 6.30. The highest BCUT2D eigenvalue weighted by Gasteiger charge is 2.37. The topological polar surface area (TPSA) is 132 Å². The number of amides is 1. The quantitative estimate of drug-likeness (QED) is 0.352. The summed E-state index contributed by atoms with van der Waals surface area (Å²) in [6, 6.07) is 9.48. The Morgan fingerprint density at radius 1 is 1.15 bits per heavy atom. The summed E-state index contributed by atoms with van der Waals surface area (Å²) in [5.74, 6) is 0.964. The van der Waals surface area contributed by atoms with E-state index in [0.717, 1.165) is 16.8 Å². The molecule has 0 radical (unpaired) electrons. The van der Waals surface area contributed by atoms with Gasteiger partial charge in [-0.15, -0.1) is 0 Å². The van der Waals surface area contributed by atoms with Crippen molar-refractivity contribution in [2.45, 2.75) is 46.1 Å². The van der Waals surface area contributed by atoms with Gasteiger partial charge in [0.1, 0.15) is 12.4 Å². The maximum Gasteiger partial charge on any atom is 0.320 e. The average Bonchev–Trinajstić information content (AvgIpc) is 3.27. The lowest BCUT2D eigenvalue weighted by atomic mass is 9.80. The number of benzene rings is 1. The van der Waals surface area contributed by atoms with Gasteiger partial charge >= 0.3 is 6.01 Å². The summed E-state index contributed by atoms with van der Waals surface area (Å²) >= 11 is 6.21. The van der Waals surface area contributed by atoms with Crippen LogP contribution in [0.1, 0.15) is 39.2 Å². The Kier molecular flexibility index (Phi) is 6.94. The van der Waals surface area contributed by atoms with Crippen molar-refractivity contribution in [1.82, 2.24) is 24.5 Å². The maximum atomic E-state index is 12.1. The molecule has 3 aromatic heterocycles. The molecule has 4 aromatic rings. The first-order chi connectivity index (χ1) is 18.4. The lowest BCUT2D eigenvalue weighted by Gasteiger charge is -2.37. The van der Waals surface area contributed by atoms with E-state index < -0.39 is 11.0 Å². The van der Waals surface area contributed by atoms with Crippen LogP contribution in [0.3, 0.4) is 0 Å². The van der Waals surface area contributed by atoms with E-state index in [4.69, 9.17) is 37.0 Å². The van der Waals surface area contributed by atoms with E-state index in [9.17, 15) is 9.90 Å². The van der Waals surface area contributed by atoms with Gasteiger partial charge in [0, 0.05) is 47.2 Å². The molecule has 1 amide bonds. The Balaban J connectivity index is 1.73. The smallest absolute Gasteiger partial charge is 0.320 e. The van der Waals surface area contributed by atoms with Crippen LogP contribution in [0.2, 0.25) is 5.02 Å². The van der Waals surface area contributed by atoms with Gasteiger partial charge in [-0.1, -0.05) is 18.5 Å². The number of imidazole rings is 1. The number of primary amides is 1. The zero-order valence-electron chi connectivity index (χ0n) is 22.5. The zero-order chi connectivity index (χ0) is 27.9. The van der Waals surface area contributed by atoms with Crippen LogP contribution in [0.5, 0.6) is 6.01 Å². The molecule has 1 aliphatic heterocycles. The molecule has 0 bridgehead atoms. The molecule has 1 fully saturated rings. The van der Waals surface area contributed by atoms with Crippen LogP contribution in [0, 0.1) is 12.3 Å². The average molecular weight is 550 g/mol. The van der Waals surface area contributed by atoms with Crippen LogP contribution in [-0.4, -0.2) is 60.8 Å². The lowest BCUT2D eigenvalue weighted by molar-refractivity contribution is -0.127. The third-order valence-electron chi connectivity index (χ3n) is 7.13. The summed E-state index contributed by atoms with van der Waals surface area (Å²) in [6.45, 7) is 8.33. The molecule has 1 aliphatic rings. The van der Waals surface area contributed by atoms with Crippen molar-refractivity contribution in [3.8, 4) is 23.1 Å². The number of aryl methyl sites for hydroxylation is 1. The molecule has 10 nitrogen and oxygen atoms in total. The molecule has 0 atom stereocenters. The van der Waals surface area contributed by atoms with Gasteiger partial charge in [0.2, 0.25) is 5.91 Å². The van der Waals surface area contributed by atoms with Crippen LogP contribution in [0.15, 0.2) is 42.7 Å². The van der Waals surface area contributed by atoms with Crippen molar-refractivity contribution in [1.29, 1.82) is 0 Å². The molecular weight excluding hydrogens is 518 g/mol. The Morgan fingerprint density at radius 3 is 2.46 bits per heavy atom. The summed E-state index contributed by atoms with van der Waals surface area (Å²) in [4.78, 5) is 33.0. The summed E-state index contributed by atoms with van der Waals surface area (Å²) in [5, 5.41) is 10.9. The van der Waals surface area contributed by atoms with Gasteiger partial charge in [-0.05, 0) is 69.5 Å². The van der Waals surface area contributed by atoms with Crippen molar-refractivity contribution < 1.29 is 14.6 Å². The highest BCUT2D eigenvalue weighted by atomic mass is 35.5. The maximum absolute atomic E-state index is 12.1. The number of carbonyl (C=O) groups is 1. The Hall–Kier alpha value is -3.76. The first-order valence-corrected chi connectivity index (χ1v) is 13.2. The Labute approximate surface area is 231 Å². The molecule has 4 heterocycles. The fourth-order valence-corrected chi connectivity index (χ4v) is 4.77. The van der Waals surface area contributed by atoms with Crippen LogP contribution >= 0.6 is 11.6 Å². The van der Waals surface area contributed by atoms with E-state index in [2.05, 4.69) is 9.88 Å². The van der Waals surface area contributed by atoms with E-state index in [0.29, 0.717) is 53.8 Å². The van der Waals surface area contributed by atoms with E-state index >= 15 is 0 Å². The number of piperidine rings is 1. The normalized spacial score (nSPS) is 15.5. The summed E-state index contributed by atoms with van der Waals surface area (Å²) in [7, 11) is 0. The SMILES string of the molecule is Cc1cnccc1-c1nc2c(N3CCC(C)(C(N)=O)CC3)nc(OCC(C)(C)O)nc2n1-c1ccc(Cl)cc1. The van der Waals surface area contributed by atoms with Crippen LogP contribution < -0.4 is 15.4 Å². The lowest BCUT2D eigenvalue weighted by Crippen LogP contribution is -2.45. The largest absolute Gasteiger partial charge is 0.460 e. The second kappa shape index (κ2) is 10.1. The molecule has 0 aliphatic carbocycles. The van der Waals surface area contributed by atoms with Crippen LogP contribution in [0.4, 0.5) is 5.82 Å². The first kappa shape index (κ1) is 26.8. The minimum Gasteiger partial charge on any atom is -0.460 e. The number of nitrogens with zero attached hydrogens (tertiary/aromatic N) is 6. The van der Waals surface area contributed by atoms with Gasteiger partial charge in [0.15, 0.2) is 17.0 Å². The van der Waals surface area contributed by atoms with E-state index in [-0.39, 0.29) is 18.5 Å². The molecule has 0 spiro atoms. The third kappa shape index (κ3) is 5.39. The summed E-state index contributed by atoms with van der Waals surface area (Å²) < 4.78 is 7.84. The summed E-state index contributed by atoms with van der Waals surface area (Å²) in [6.07, 6.45) is 4.69. The first-order valence-electron chi connectivity index (χ1n) is 12.8. The number of halogens is 1. The predicted octanol–water partition coefficient (Wildman–Crippen LogP) is 4.08. The number of hydrogen-bond acceptors (Lipinski definition) is 8. The number of anilines is 1. The molecule has 1 aromatic carbocycles. The van der Waals surface area contributed by atoms with Crippen LogP contribution in [-0.2, 0) is 4.79 Å². The van der Waals surface area contributed by atoms with Crippen molar-refractivity contribution in [3.05, 3.63) is 53.3 Å². The molecule has 3 N–H and O–H groups in total. The van der Waals surface area contributed by atoms with Gasteiger partial charge in [0.05, 0.1) is 5.60 Å². The minimum atomic E-state index is -1.08. The van der Waals surface area contributed by atoms with Gasteiger partial charge in [0.25, 0.3) is 0 Å². The van der Waals surface area contributed by atoms with E-state index in [1.165, 1.54) is 0 Å². The number of nitrogens with two attached hydrogens (primary N) is 1. The van der Waals surface area contributed by atoms with Gasteiger partial charge in [-0.3, -0.25) is 14.3 Å². The number of pyridine rings is 1. The number of fused-ring (bicyclic) bond motifs is 1. The van der Waals surface area contributed by atoms with Crippen molar-refractivity contribution in [2.75, 3.05) is 24.6 Å². The number of aromatic nitrogens is 5. The number of ether oxygens (including phenoxy) is 1. The number of rotatable bonds is 7. The minimum absolute atomic E-state index is 0.00307. The number of hydrogen-bond donors (Lipinski definition) is 2. The Bertz CT molecular complexity index is 1520. The molecule has 204 valence electrons. The number of aliphatic hydroxyl groups is 1. The molecule has 11 heteroatoms. The fourth-order valence-electron chi connectivity index (χ4n) is 4.65. The van der Waals surface area contributed by atoms with Crippen molar-refractivity contribution >= 4 is 34.5 Å². The van der Waals surface area contributed by atoms with Crippen molar-refractivity contribution in [3.63, 3.8) is 0 Å². The third-order valence-corrected chi connectivity index (χ3v) is 7.38. The van der Waals surface area contributed by atoms with Crippen molar-refractivity contribution in [2.24, 2.45) is 11.1 Å². The predicted molar refractivity (Wildman–Crippen MR) is 150 cm³/mol. The van der Waals surface area contributed by atoms with E-state index in [1.807, 2.05) is 48.7 Å². The van der Waals surface area contributed by atoms with Gasteiger partial charge in [-0.25, -0.2) is 4.98 Å². The monoisotopic (exact) mass is 549 g/mol. The zero-order valence-corrected chi connectivity index (χ0v) is 23.2. The standard InChI is InChI=1S/C28H32ClN7O3/c1-17-15-31-12-9-20(17)22-32-21-23(35-13-10-28(4,11-14-35)25(30)37)33-26(39-16-27(2,3)38)34-24(21)36(22)19-7-5-18(29)6-8-19/h5-9,12,15,38H,10-11,13-14,16H2,1-4H3,(H2,30,37). The van der Waals surface area contributed by atoms with Crippen LogP contribution in [0.25, 0.3) is 28.2 Å². The molecule has 5 rings (SSSR count). The second-order valence-corrected chi connectivity index (χ2v) is 11.4. The molecule has 0 unspecified atom stereocenters. The highest BCUT2D eigenvalue weighted by Crippen LogP contribution is 2.38. The fraction of sp³-hybridized carbons (Fsp3) is 0.393. The Morgan fingerprint density at radius 2 is 1.85 bits per heavy atom. The van der Waals surface area contributed by atoms with Gasteiger partial charge in [-0.2, -0.15) is 9.97 Å². The van der Waals surface area contributed by atoms with E-state index in [1.54, 1.807) is 26.2 Å².